The minimum atomic E-state index is -0.990. The fraction of sp³-hybridized carbons (Fsp3) is 0.529. The molecule has 1 unspecified atom stereocenters. The van der Waals surface area contributed by atoms with Gasteiger partial charge in [0.2, 0.25) is 0 Å². The Balaban J connectivity index is 2.16. The van der Waals surface area contributed by atoms with E-state index in [9.17, 15) is 4.21 Å². The molecule has 4 heteroatoms. The molecule has 0 radical (unpaired) electrons. The van der Waals surface area contributed by atoms with Crippen molar-refractivity contribution in [3.63, 3.8) is 0 Å². The molecule has 2 rings (SSSR count). The highest BCUT2D eigenvalue weighted by atomic mass is 32.2. The Morgan fingerprint density at radius 3 is 2.62 bits per heavy atom. The Morgan fingerprint density at radius 1 is 1.29 bits per heavy atom. The molecule has 0 saturated heterocycles. The summed E-state index contributed by atoms with van der Waals surface area (Å²) in [5.74, 6) is 0. The van der Waals surface area contributed by atoms with Gasteiger partial charge in [0.25, 0.3) is 0 Å². The van der Waals surface area contributed by atoms with Gasteiger partial charge in [-0.15, -0.1) is 0 Å². The van der Waals surface area contributed by atoms with Crippen LogP contribution in [0.15, 0.2) is 34.9 Å². The van der Waals surface area contributed by atoms with Gasteiger partial charge in [-0.2, -0.15) is 0 Å². The largest absolute Gasteiger partial charge is 0.464 e. The van der Waals surface area contributed by atoms with Crippen LogP contribution in [0.1, 0.15) is 39.7 Å². The number of hydrogen-bond acceptors (Lipinski definition) is 2. The lowest BCUT2D eigenvalue weighted by molar-refractivity contribution is 0.369. The predicted molar refractivity (Wildman–Crippen MR) is 89.7 cm³/mol. The Morgan fingerprint density at radius 2 is 2.00 bits per heavy atom. The van der Waals surface area contributed by atoms with E-state index in [0.29, 0.717) is 0 Å². The van der Waals surface area contributed by atoms with Gasteiger partial charge in [0, 0.05) is 18.5 Å². The summed E-state index contributed by atoms with van der Waals surface area (Å²) in [5, 5.41) is 1.13. The van der Waals surface area contributed by atoms with Crippen LogP contribution in [0.4, 0.5) is 0 Å². The second kappa shape index (κ2) is 6.32. The number of furan rings is 1. The summed E-state index contributed by atoms with van der Waals surface area (Å²) in [5.41, 5.74) is 2.17. The summed E-state index contributed by atoms with van der Waals surface area (Å²) in [4.78, 5) is 0. The SMILES string of the molecule is CC[C@H](Cc1ccc2occc2c1)N(C)S(=O)C(C)(C)C. The van der Waals surface area contributed by atoms with E-state index in [-0.39, 0.29) is 10.8 Å². The second-order valence-electron chi connectivity index (χ2n) is 6.47. The van der Waals surface area contributed by atoms with Crippen molar-refractivity contribution in [1.29, 1.82) is 0 Å². The Hall–Kier alpha value is -1.13. The lowest BCUT2D eigenvalue weighted by atomic mass is 10.0. The molecule has 1 aromatic carbocycles. The quantitative estimate of drug-likeness (QED) is 0.831. The van der Waals surface area contributed by atoms with Crippen LogP contribution < -0.4 is 0 Å². The van der Waals surface area contributed by atoms with Crippen LogP contribution in [0.2, 0.25) is 0 Å². The Labute approximate surface area is 129 Å². The van der Waals surface area contributed by atoms with E-state index in [2.05, 4.69) is 19.1 Å². The predicted octanol–water partition coefficient (Wildman–Crippen LogP) is 4.15. The van der Waals surface area contributed by atoms with Crippen molar-refractivity contribution < 1.29 is 8.63 Å². The number of rotatable bonds is 5. The first-order valence-corrected chi connectivity index (χ1v) is 8.54. The molecule has 0 aliphatic heterocycles. The first-order valence-electron chi connectivity index (χ1n) is 7.44. The lowest BCUT2D eigenvalue weighted by Crippen LogP contribution is -2.42. The first kappa shape index (κ1) is 16.2. The van der Waals surface area contributed by atoms with Gasteiger partial charge in [0.05, 0.1) is 22.0 Å². The van der Waals surface area contributed by atoms with Crippen molar-refractivity contribution in [3.8, 4) is 0 Å². The van der Waals surface area contributed by atoms with Crippen molar-refractivity contribution in [2.75, 3.05) is 7.05 Å². The van der Waals surface area contributed by atoms with Crippen LogP contribution in [0.25, 0.3) is 11.0 Å². The van der Waals surface area contributed by atoms with E-state index < -0.39 is 11.0 Å². The van der Waals surface area contributed by atoms with E-state index in [0.717, 1.165) is 23.8 Å². The molecule has 0 bridgehead atoms. The summed E-state index contributed by atoms with van der Waals surface area (Å²) in [7, 11) is 0.974. The molecule has 2 aromatic rings. The molecule has 2 atom stereocenters. The van der Waals surface area contributed by atoms with Gasteiger partial charge < -0.3 is 4.42 Å². The summed E-state index contributed by atoms with van der Waals surface area (Å²) in [6.07, 6.45) is 3.59. The molecule has 21 heavy (non-hydrogen) atoms. The molecule has 0 aliphatic rings. The zero-order valence-electron chi connectivity index (χ0n) is 13.6. The normalized spacial score (nSPS) is 15.5. The molecule has 0 saturated carbocycles. The van der Waals surface area contributed by atoms with Gasteiger partial charge in [-0.25, -0.2) is 8.51 Å². The van der Waals surface area contributed by atoms with Crippen molar-refractivity contribution in [2.45, 2.75) is 51.3 Å². The van der Waals surface area contributed by atoms with Crippen LogP contribution in [0.3, 0.4) is 0 Å². The van der Waals surface area contributed by atoms with Gasteiger partial charge >= 0.3 is 0 Å². The average molecular weight is 307 g/mol. The van der Waals surface area contributed by atoms with E-state index in [4.69, 9.17) is 4.42 Å². The van der Waals surface area contributed by atoms with E-state index in [1.807, 2.05) is 44.3 Å². The van der Waals surface area contributed by atoms with Crippen LogP contribution in [-0.4, -0.2) is 26.4 Å². The molecule has 0 aliphatic carbocycles. The topological polar surface area (TPSA) is 33.5 Å². The van der Waals surface area contributed by atoms with Crippen molar-refractivity contribution >= 4 is 22.0 Å². The van der Waals surface area contributed by atoms with Crippen molar-refractivity contribution in [3.05, 3.63) is 36.1 Å². The highest BCUT2D eigenvalue weighted by molar-refractivity contribution is 7.84. The molecule has 0 fully saturated rings. The fourth-order valence-electron chi connectivity index (χ4n) is 2.51. The monoisotopic (exact) mass is 307 g/mol. The third kappa shape index (κ3) is 3.74. The Kier molecular flexibility index (Phi) is 4.89. The lowest BCUT2D eigenvalue weighted by Gasteiger charge is -2.31. The van der Waals surface area contributed by atoms with Crippen LogP contribution in [0, 0.1) is 0 Å². The van der Waals surface area contributed by atoms with E-state index in [1.54, 1.807) is 6.26 Å². The van der Waals surface area contributed by atoms with Crippen molar-refractivity contribution in [2.24, 2.45) is 0 Å². The smallest absolute Gasteiger partial charge is 0.133 e. The second-order valence-corrected chi connectivity index (χ2v) is 8.77. The van der Waals surface area contributed by atoms with Gasteiger partial charge in [-0.1, -0.05) is 13.0 Å². The maximum Gasteiger partial charge on any atom is 0.133 e. The number of fused-ring (bicyclic) bond motifs is 1. The van der Waals surface area contributed by atoms with Crippen LogP contribution in [0.5, 0.6) is 0 Å². The molecule has 0 N–H and O–H groups in total. The zero-order valence-corrected chi connectivity index (χ0v) is 14.4. The fourth-order valence-corrected chi connectivity index (χ4v) is 3.87. The zero-order chi connectivity index (χ0) is 15.6. The number of nitrogens with zero attached hydrogens (tertiary/aromatic N) is 1. The summed E-state index contributed by atoms with van der Waals surface area (Å²) in [6, 6.07) is 8.53. The first-order chi connectivity index (χ1) is 9.82. The van der Waals surface area contributed by atoms with E-state index in [1.165, 1.54) is 5.56 Å². The third-order valence-corrected chi connectivity index (χ3v) is 5.63. The van der Waals surface area contributed by atoms with Gasteiger partial charge in [0.1, 0.15) is 5.58 Å². The average Bonchev–Trinajstić information content (AvgIpc) is 2.89. The molecule has 116 valence electrons. The minimum Gasteiger partial charge on any atom is -0.464 e. The maximum atomic E-state index is 12.5. The van der Waals surface area contributed by atoms with Gasteiger partial charge in [0.15, 0.2) is 0 Å². The van der Waals surface area contributed by atoms with Gasteiger partial charge in [-0.05, 0) is 57.4 Å². The number of likely N-dealkylation sites (N-methyl/N-ethyl adjacent to an activating group) is 1. The molecule has 3 nitrogen and oxygen atoms in total. The van der Waals surface area contributed by atoms with Crippen LogP contribution in [-0.2, 0) is 17.4 Å². The molecular formula is C17H25NO2S. The summed E-state index contributed by atoms with van der Waals surface area (Å²) < 4.78 is 19.7. The standard InChI is InChI=1S/C17H25NO2S/c1-6-15(18(5)21(19)17(2,3)4)12-13-7-8-16-14(11-13)9-10-20-16/h7-11,15H,6,12H2,1-5H3/t15-,21?/m1/s1. The summed E-state index contributed by atoms with van der Waals surface area (Å²) >= 11 is 0. The molecule has 1 heterocycles. The molecule has 1 aromatic heterocycles. The number of benzene rings is 1. The molecular weight excluding hydrogens is 282 g/mol. The van der Waals surface area contributed by atoms with Crippen molar-refractivity contribution in [1.82, 2.24) is 4.31 Å². The minimum absolute atomic E-state index is 0.226. The molecule has 0 spiro atoms. The highest BCUT2D eigenvalue weighted by Gasteiger charge is 2.28. The van der Waals surface area contributed by atoms with Crippen LogP contribution >= 0.6 is 0 Å². The third-order valence-electron chi connectivity index (χ3n) is 3.76. The number of hydrogen-bond donors (Lipinski definition) is 0. The summed E-state index contributed by atoms with van der Waals surface area (Å²) in [6.45, 7) is 8.20. The van der Waals surface area contributed by atoms with E-state index >= 15 is 0 Å². The Bertz CT molecular complexity index is 627. The maximum absolute atomic E-state index is 12.5. The highest BCUT2D eigenvalue weighted by Crippen LogP contribution is 2.22. The molecule has 0 amide bonds. The van der Waals surface area contributed by atoms with Gasteiger partial charge in [-0.3, -0.25) is 0 Å².